The van der Waals surface area contributed by atoms with Crippen LogP contribution in [0, 0.1) is 25.6 Å². The van der Waals surface area contributed by atoms with Gasteiger partial charge in [0.1, 0.15) is 17.7 Å². The van der Waals surface area contributed by atoms with Gasteiger partial charge in [0.05, 0.1) is 41.2 Å². The van der Waals surface area contributed by atoms with Crippen LogP contribution in [-0.2, 0) is 17.9 Å². The van der Waals surface area contributed by atoms with E-state index in [9.17, 15) is 9.18 Å². The standard InChI is InChI=1S/C23H28FN7O/c1-13(2)22-23(32)29-21-15(4)28-20(8-19(21)30(22)5)25-9-16-10-26-31(11-16)12-17-6-7-18(24)14(3)27-17/h6-8,10-11,13,22H,9,12H2,1-5H3,(H,25,28)(H,29,32). The number of anilines is 3. The molecule has 1 aliphatic rings. The van der Waals surface area contributed by atoms with Crippen molar-refractivity contribution < 1.29 is 9.18 Å². The number of carbonyl (C=O) groups is 1. The van der Waals surface area contributed by atoms with Gasteiger partial charge in [0.2, 0.25) is 5.91 Å². The summed E-state index contributed by atoms with van der Waals surface area (Å²) in [5.74, 6) is 0.606. The van der Waals surface area contributed by atoms with Crippen molar-refractivity contribution in [3.05, 3.63) is 59.1 Å². The van der Waals surface area contributed by atoms with Crippen molar-refractivity contribution in [3.8, 4) is 0 Å². The first-order valence-corrected chi connectivity index (χ1v) is 10.7. The number of aryl methyl sites for hydroxylation is 2. The number of carbonyl (C=O) groups excluding carboxylic acids is 1. The number of hydrogen-bond acceptors (Lipinski definition) is 6. The van der Waals surface area contributed by atoms with E-state index < -0.39 is 0 Å². The normalized spacial score (nSPS) is 15.7. The van der Waals surface area contributed by atoms with Crippen LogP contribution < -0.4 is 15.5 Å². The zero-order chi connectivity index (χ0) is 23.0. The van der Waals surface area contributed by atoms with Crippen molar-refractivity contribution >= 4 is 23.1 Å². The molecule has 3 aromatic rings. The van der Waals surface area contributed by atoms with E-state index in [1.165, 1.54) is 6.07 Å². The second kappa shape index (κ2) is 8.57. The molecule has 0 spiro atoms. The highest BCUT2D eigenvalue weighted by molar-refractivity contribution is 6.04. The molecule has 0 fully saturated rings. The Hall–Kier alpha value is -3.49. The first-order chi connectivity index (χ1) is 15.2. The van der Waals surface area contributed by atoms with E-state index in [-0.39, 0.29) is 23.7 Å². The number of fused-ring (bicyclic) bond motifs is 1. The van der Waals surface area contributed by atoms with Gasteiger partial charge in [0.15, 0.2) is 0 Å². The zero-order valence-electron chi connectivity index (χ0n) is 19.0. The topological polar surface area (TPSA) is 88.0 Å². The number of pyridine rings is 2. The van der Waals surface area contributed by atoms with Crippen molar-refractivity contribution in [3.63, 3.8) is 0 Å². The lowest BCUT2D eigenvalue weighted by molar-refractivity contribution is -0.118. The van der Waals surface area contributed by atoms with Crippen LogP contribution in [0.3, 0.4) is 0 Å². The Balaban J connectivity index is 1.46. The summed E-state index contributed by atoms with van der Waals surface area (Å²) in [6.45, 7) is 8.64. The lowest BCUT2D eigenvalue weighted by Gasteiger charge is -2.38. The fraction of sp³-hybridized carbons (Fsp3) is 0.391. The summed E-state index contributed by atoms with van der Waals surface area (Å²) >= 11 is 0. The second-order valence-corrected chi connectivity index (χ2v) is 8.55. The minimum absolute atomic E-state index is 0.00105. The Kier molecular flexibility index (Phi) is 5.82. The first kappa shape index (κ1) is 21.7. The van der Waals surface area contributed by atoms with Gasteiger partial charge in [-0.3, -0.25) is 14.5 Å². The van der Waals surface area contributed by atoms with Crippen LogP contribution in [0.2, 0.25) is 0 Å². The fourth-order valence-electron chi connectivity index (χ4n) is 4.08. The number of rotatable bonds is 6. The van der Waals surface area contributed by atoms with E-state index in [4.69, 9.17) is 0 Å². The molecule has 1 amide bonds. The van der Waals surface area contributed by atoms with Crippen molar-refractivity contribution in [1.82, 2.24) is 19.7 Å². The molecule has 3 aromatic heterocycles. The third-order valence-corrected chi connectivity index (χ3v) is 5.69. The summed E-state index contributed by atoms with van der Waals surface area (Å²) < 4.78 is 15.2. The van der Waals surface area contributed by atoms with E-state index in [1.807, 2.05) is 45.0 Å². The average molecular weight is 438 g/mol. The van der Waals surface area contributed by atoms with Crippen molar-refractivity contribution in [1.29, 1.82) is 0 Å². The first-order valence-electron chi connectivity index (χ1n) is 10.7. The van der Waals surface area contributed by atoms with E-state index in [1.54, 1.807) is 23.9 Å². The molecular weight excluding hydrogens is 409 g/mol. The molecule has 0 saturated carbocycles. The maximum atomic E-state index is 13.4. The van der Waals surface area contributed by atoms with E-state index in [2.05, 4.69) is 25.7 Å². The number of likely N-dealkylation sites (N-methyl/N-ethyl adjacent to an activating group) is 1. The lowest BCUT2D eigenvalue weighted by Crippen LogP contribution is -2.49. The van der Waals surface area contributed by atoms with Gasteiger partial charge in [-0.15, -0.1) is 0 Å². The quantitative estimate of drug-likeness (QED) is 0.614. The van der Waals surface area contributed by atoms with Crippen molar-refractivity contribution in [2.24, 2.45) is 5.92 Å². The molecule has 0 aliphatic carbocycles. The van der Waals surface area contributed by atoms with E-state index >= 15 is 0 Å². The molecular formula is C23H28FN7O. The molecule has 9 heteroatoms. The molecule has 0 aromatic carbocycles. The van der Waals surface area contributed by atoms with Crippen LogP contribution in [0.1, 0.15) is 36.5 Å². The summed E-state index contributed by atoms with van der Waals surface area (Å²) in [6.07, 6.45) is 3.72. The fourth-order valence-corrected chi connectivity index (χ4v) is 4.08. The highest BCUT2D eigenvalue weighted by Gasteiger charge is 2.34. The van der Waals surface area contributed by atoms with Gasteiger partial charge in [0.25, 0.3) is 0 Å². The van der Waals surface area contributed by atoms with Crippen molar-refractivity contribution in [2.75, 3.05) is 22.6 Å². The molecule has 168 valence electrons. The predicted molar refractivity (Wildman–Crippen MR) is 122 cm³/mol. The van der Waals surface area contributed by atoms with Crippen LogP contribution in [0.5, 0.6) is 0 Å². The Labute approximate surface area is 186 Å². The number of amides is 1. The lowest BCUT2D eigenvalue weighted by atomic mass is 9.98. The van der Waals surface area contributed by atoms with Crippen LogP contribution in [0.15, 0.2) is 30.6 Å². The Morgan fingerprint density at radius 1 is 1.22 bits per heavy atom. The van der Waals surface area contributed by atoms with Gasteiger partial charge in [-0.25, -0.2) is 9.37 Å². The second-order valence-electron chi connectivity index (χ2n) is 8.55. The maximum Gasteiger partial charge on any atom is 0.247 e. The monoisotopic (exact) mass is 437 g/mol. The summed E-state index contributed by atoms with van der Waals surface area (Å²) in [4.78, 5) is 23.4. The molecule has 1 unspecified atom stereocenters. The van der Waals surface area contributed by atoms with Crippen LogP contribution in [0.25, 0.3) is 0 Å². The zero-order valence-corrected chi connectivity index (χ0v) is 19.0. The summed E-state index contributed by atoms with van der Waals surface area (Å²) in [6, 6.07) is 4.84. The molecule has 0 radical (unpaired) electrons. The van der Waals surface area contributed by atoms with Crippen LogP contribution in [0.4, 0.5) is 21.6 Å². The predicted octanol–water partition coefficient (Wildman–Crippen LogP) is 3.50. The van der Waals surface area contributed by atoms with Gasteiger partial charge in [0, 0.05) is 31.4 Å². The number of halogens is 1. The molecule has 4 rings (SSSR count). The number of nitrogens with zero attached hydrogens (tertiary/aromatic N) is 5. The highest BCUT2D eigenvalue weighted by atomic mass is 19.1. The summed E-state index contributed by atoms with van der Waals surface area (Å²) in [7, 11) is 1.95. The summed E-state index contributed by atoms with van der Waals surface area (Å²) in [5, 5.41) is 10.7. The Bertz CT molecular complexity index is 1160. The van der Waals surface area contributed by atoms with E-state index in [0.29, 0.717) is 18.8 Å². The third-order valence-electron chi connectivity index (χ3n) is 5.69. The Morgan fingerprint density at radius 3 is 2.72 bits per heavy atom. The number of aromatic nitrogens is 4. The highest BCUT2D eigenvalue weighted by Crippen LogP contribution is 2.36. The van der Waals surface area contributed by atoms with Gasteiger partial charge in [-0.2, -0.15) is 5.10 Å². The molecule has 1 atom stereocenters. The molecule has 0 saturated heterocycles. The van der Waals surface area contributed by atoms with Gasteiger partial charge < -0.3 is 15.5 Å². The largest absolute Gasteiger partial charge is 0.366 e. The number of nitrogens with one attached hydrogen (secondary N) is 2. The summed E-state index contributed by atoms with van der Waals surface area (Å²) in [5.41, 5.74) is 4.60. The van der Waals surface area contributed by atoms with Gasteiger partial charge in [-0.05, 0) is 31.9 Å². The number of hydrogen-bond donors (Lipinski definition) is 2. The molecule has 0 bridgehead atoms. The molecule has 8 nitrogen and oxygen atoms in total. The van der Waals surface area contributed by atoms with E-state index in [0.717, 1.165) is 34.1 Å². The van der Waals surface area contributed by atoms with Gasteiger partial charge in [-0.1, -0.05) is 13.8 Å². The minimum Gasteiger partial charge on any atom is -0.366 e. The van der Waals surface area contributed by atoms with Crippen molar-refractivity contribution in [2.45, 2.75) is 46.8 Å². The molecule has 32 heavy (non-hydrogen) atoms. The van der Waals surface area contributed by atoms with Gasteiger partial charge >= 0.3 is 0 Å². The molecule has 4 heterocycles. The Morgan fingerprint density at radius 2 is 2.00 bits per heavy atom. The molecule has 2 N–H and O–H groups in total. The SMILES string of the molecule is Cc1nc(Cn2cc(CNc3cc4c(c(C)n3)NC(=O)C(C(C)C)N4C)cn2)ccc1F. The average Bonchev–Trinajstić information content (AvgIpc) is 3.17. The third kappa shape index (κ3) is 4.28. The smallest absolute Gasteiger partial charge is 0.247 e. The van der Waals surface area contributed by atoms with Crippen LogP contribution >= 0.6 is 0 Å². The molecule has 1 aliphatic heterocycles. The van der Waals surface area contributed by atoms with Crippen LogP contribution in [-0.4, -0.2) is 38.7 Å². The maximum absolute atomic E-state index is 13.4. The minimum atomic E-state index is -0.308.